The maximum Gasteiger partial charge on any atom is 0.329 e. The van der Waals surface area contributed by atoms with E-state index in [1.165, 1.54) is 70.8 Å². The van der Waals surface area contributed by atoms with Gasteiger partial charge in [-0.1, -0.05) is 116 Å². The molecule has 1 heterocycles. The van der Waals surface area contributed by atoms with E-state index in [-0.39, 0.29) is 68.1 Å². The van der Waals surface area contributed by atoms with E-state index in [2.05, 4.69) is 21.3 Å². The summed E-state index contributed by atoms with van der Waals surface area (Å²) in [5.74, 6) is -11.6. The van der Waals surface area contributed by atoms with E-state index in [0.717, 1.165) is 14.7 Å². The molecule has 1 rings (SSSR count). The fourth-order valence-corrected chi connectivity index (χ4v) is 10.8. The summed E-state index contributed by atoms with van der Waals surface area (Å²) in [5, 5.41) is 34.2. The molecule has 24 nitrogen and oxygen atoms in total. The number of amides is 10. The lowest BCUT2D eigenvalue weighted by Crippen LogP contribution is -2.64. The summed E-state index contributed by atoms with van der Waals surface area (Å²) >= 11 is 0. The Morgan fingerprint density at radius 1 is 0.477 bits per heavy atom. The molecule has 13 atom stereocenters. The summed E-state index contributed by atoms with van der Waals surface area (Å²) in [6.45, 7) is 30.5. The van der Waals surface area contributed by atoms with Crippen molar-refractivity contribution in [3.63, 3.8) is 0 Å². The number of rotatable bonds is 17. The third-order valence-corrected chi connectivity index (χ3v) is 16.1. The third-order valence-electron chi connectivity index (χ3n) is 16.1. The average molecular weight is 1250 g/mol. The van der Waals surface area contributed by atoms with Crippen molar-refractivity contribution >= 4 is 65.0 Å². The number of nitrogens with zero attached hydrogens (tertiary/aromatic N) is 6. The number of aliphatic hydroxyl groups excluding tert-OH is 2. The Kier molecular flexibility index (Phi) is 33.1. The number of nitrogens with one attached hydrogen (secondary N) is 4. The van der Waals surface area contributed by atoms with Crippen LogP contribution in [0.1, 0.15) is 163 Å². The highest BCUT2D eigenvalue weighted by atomic mass is 16.6. The number of hydrogen-bond acceptors (Lipinski definition) is 14. The number of cyclic esters (lactones) is 1. The highest BCUT2D eigenvalue weighted by molar-refractivity contribution is 5.99. The van der Waals surface area contributed by atoms with Crippen molar-refractivity contribution in [1.29, 1.82) is 0 Å². The predicted octanol–water partition coefficient (Wildman–Crippen LogP) is 3.35. The zero-order valence-electron chi connectivity index (χ0n) is 57.6. The SMILES string of the molecule is C/C=C/C[C@@H](C)[C@@H](O)C1C(=O)N[C@@H]([C@@H](C)O)C(=O)N(C)CC(=O)N(C)[C@@H](CC(C)C)C(=O)N[C@@H](CC(C)C)C(=O)N(C)[C@@H](CC(C)C)C(=O)N[C@@H](C)C(=O)O[C@H](C(C)C)C(=O)N(C)[C@H](CC(C)C)C(=O)N[C@@H](CC(C)C)C(=O)N(C)[C@@H](C(C)C)C(=O)N1C. The van der Waals surface area contributed by atoms with Gasteiger partial charge in [-0.2, -0.15) is 0 Å². The minimum atomic E-state index is -1.75. The van der Waals surface area contributed by atoms with Gasteiger partial charge in [0.05, 0.1) is 18.8 Å². The van der Waals surface area contributed by atoms with E-state index in [1.54, 1.807) is 53.7 Å². The number of likely N-dealkylation sites (N-methyl/N-ethyl adjacent to an activating group) is 6. The molecule has 10 amide bonds. The zero-order valence-corrected chi connectivity index (χ0v) is 57.6. The first-order valence-corrected chi connectivity index (χ1v) is 31.5. The number of hydrogen-bond donors (Lipinski definition) is 6. The molecule has 88 heavy (non-hydrogen) atoms. The summed E-state index contributed by atoms with van der Waals surface area (Å²) < 4.78 is 5.89. The van der Waals surface area contributed by atoms with E-state index in [4.69, 9.17) is 4.74 Å². The van der Waals surface area contributed by atoms with Gasteiger partial charge >= 0.3 is 5.97 Å². The van der Waals surface area contributed by atoms with Gasteiger partial charge < -0.3 is 65.6 Å². The number of aliphatic hydroxyl groups is 2. The molecule has 0 saturated carbocycles. The van der Waals surface area contributed by atoms with Gasteiger partial charge in [-0.3, -0.25) is 47.9 Å². The Hall–Kier alpha value is -6.17. The second-order valence-electron chi connectivity index (χ2n) is 27.3. The topological polar surface area (TPSA) is 305 Å². The highest BCUT2D eigenvalue weighted by Crippen LogP contribution is 2.25. The molecule has 0 aromatic carbocycles. The number of ether oxygens (including phenoxy) is 1. The highest BCUT2D eigenvalue weighted by Gasteiger charge is 2.46. The quantitative estimate of drug-likeness (QED) is 0.0900. The van der Waals surface area contributed by atoms with E-state index >= 15 is 4.79 Å². The molecule has 1 unspecified atom stereocenters. The molecule has 0 aliphatic carbocycles. The molecule has 24 heteroatoms. The third kappa shape index (κ3) is 23.3. The zero-order chi connectivity index (χ0) is 68.3. The van der Waals surface area contributed by atoms with Gasteiger partial charge in [-0.15, -0.1) is 0 Å². The van der Waals surface area contributed by atoms with E-state index in [0.29, 0.717) is 0 Å². The Labute approximate surface area is 525 Å². The van der Waals surface area contributed by atoms with Gasteiger partial charge in [0.1, 0.15) is 54.4 Å². The molecule has 0 aromatic rings. The fraction of sp³-hybridized carbons (Fsp3) is 0.797. The monoisotopic (exact) mass is 1250 g/mol. The number of allylic oxidation sites excluding steroid dienone is 2. The van der Waals surface area contributed by atoms with Crippen LogP contribution in [-0.2, 0) is 57.5 Å². The molecular weight excluding hydrogens is 1130 g/mol. The first kappa shape index (κ1) is 79.8. The van der Waals surface area contributed by atoms with E-state index < -0.39 is 162 Å². The summed E-state index contributed by atoms with van der Waals surface area (Å²) in [7, 11) is 8.12. The van der Waals surface area contributed by atoms with Crippen molar-refractivity contribution in [1.82, 2.24) is 50.7 Å². The molecule has 0 aromatic heterocycles. The smallest absolute Gasteiger partial charge is 0.329 e. The van der Waals surface area contributed by atoms with Crippen LogP contribution in [-0.4, -0.2) is 226 Å². The summed E-state index contributed by atoms with van der Waals surface area (Å²) in [6, 6.07) is -12.2. The average Bonchev–Trinajstić information content (AvgIpc) is 3.61. The van der Waals surface area contributed by atoms with Gasteiger partial charge in [0.25, 0.3) is 5.91 Å². The van der Waals surface area contributed by atoms with Crippen molar-refractivity contribution in [2.45, 2.75) is 236 Å². The Balaban J connectivity index is 4.41. The molecule has 504 valence electrons. The first-order chi connectivity index (χ1) is 40.5. The van der Waals surface area contributed by atoms with E-state index in [9.17, 15) is 58.2 Å². The maximum absolute atomic E-state index is 15.1. The largest absolute Gasteiger partial charge is 0.450 e. The molecule has 1 fully saturated rings. The molecule has 0 radical (unpaired) electrons. The van der Waals surface area contributed by atoms with Crippen molar-refractivity contribution < 1.29 is 67.7 Å². The molecule has 0 spiro atoms. The van der Waals surface area contributed by atoms with Gasteiger partial charge in [0.2, 0.25) is 53.2 Å². The van der Waals surface area contributed by atoms with Crippen LogP contribution in [0.15, 0.2) is 12.2 Å². The minimum Gasteiger partial charge on any atom is -0.450 e. The second-order valence-corrected chi connectivity index (χ2v) is 27.3. The molecule has 1 aliphatic rings. The van der Waals surface area contributed by atoms with Crippen LogP contribution < -0.4 is 21.3 Å². The number of esters is 1. The minimum absolute atomic E-state index is 0.0804. The normalized spacial score (nSPS) is 26.7. The number of carbonyl (C=O) groups is 11. The van der Waals surface area contributed by atoms with Gasteiger partial charge in [-0.25, -0.2) is 4.79 Å². The summed E-state index contributed by atoms with van der Waals surface area (Å²) in [5.41, 5.74) is 0. The number of carbonyl (C=O) groups excluding carboxylic acids is 11. The van der Waals surface area contributed by atoms with E-state index in [1.807, 2.05) is 69.2 Å². The van der Waals surface area contributed by atoms with Crippen molar-refractivity contribution in [2.24, 2.45) is 47.3 Å². The standard InChI is InChI=1S/C64H114N10O14/c1-25-26-27-41(16)53(77)52-58(81)68-50(43(18)75)61(84)69(19)33-49(76)70(20)46(30-36(6)7)56(79)66-44(28-34(2)3)59(82)71(21)47(31-37(8)9)55(78)65-42(17)64(87)88-54(40(14)15)63(86)72(22)48(32-38(10)11)57(80)67-45(29-35(4)5)60(83)73(23)51(39(12)13)62(85)74(52)24/h25-26,34-48,50-54,75,77H,27-33H2,1-24H3,(H,65,78)(H,66,79)(H,67,80)(H,68,81)/b26-25+/t41-,42+,43-,44+,45+,46+,47+,48-,50+,51+,52?,53-,54-/m1/s1. The van der Waals surface area contributed by atoms with Crippen molar-refractivity contribution in [3.8, 4) is 0 Å². The van der Waals surface area contributed by atoms with Crippen LogP contribution in [0, 0.1) is 47.3 Å². The predicted molar refractivity (Wildman–Crippen MR) is 337 cm³/mol. The molecule has 0 bridgehead atoms. The van der Waals surface area contributed by atoms with Crippen LogP contribution in [0.25, 0.3) is 0 Å². The van der Waals surface area contributed by atoms with Crippen LogP contribution in [0.2, 0.25) is 0 Å². The van der Waals surface area contributed by atoms with Crippen LogP contribution >= 0.6 is 0 Å². The summed E-state index contributed by atoms with van der Waals surface area (Å²) in [4.78, 5) is 167. The van der Waals surface area contributed by atoms with Crippen LogP contribution in [0.4, 0.5) is 0 Å². The van der Waals surface area contributed by atoms with Crippen LogP contribution in [0.3, 0.4) is 0 Å². The summed E-state index contributed by atoms with van der Waals surface area (Å²) in [6.07, 6.45) is -0.368. The van der Waals surface area contributed by atoms with Gasteiger partial charge in [0, 0.05) is 42.3 Å². The lowest BCUT2D eigenvalue weighted by Gasteiger charge is -2.40. The van der Waals surface area contributed by atoms with Crippen molar-refractivity contribution in [2.75, 3.05) is 48.8 Å². The Morgan fingerprint density at radius 3 is 1.27 bits per heavy atom. The van der Waals surface area contributed by atoms with Crippen molar-refractivity contribution in [3.05, 3.63) is 12.2 Å². The Morgan fingerprint density at radius 2 is 0.875 bits per heavy atom. The fourth-order valence-electron chi connectivity index (χ4n) is 10.8. The van der Waals surface area contributed by atoms with Gasteiger partial charge in [0.15, 0.2) is 6.10 Å². The molecule has 1 aliphatic heterocycles. The Bertz CT molecular complexity index is 2390. The van der Waals surface area contributed by atoms with Gasteiger partial charge in [-0.05, 0) is 107 Å². The molecule has 1 saturated heterocycles. The second kappa shape index (κ2) is 36.5. The maximum atomic E-state index is 15.1. The lowest BCUT2D eigenvalue weighted by atomic mass is 9.91. The first-order valence-electron chi connectivity index (χ1n) is 31.5. The van der Waals surface area contributed by atoms with Crippen LogP contribution in [0.5, 0.6) is 0 Å². The molecular formula is C64H114N10O14. The molecule has 6 N–H and O–H groups in total. The lowest BCUT2D eigenvalue weighted by molar-refractivity contribution is -0.166.